The van der Waals surface area contributed by atoms with Crippen molar-refractivity contribution in [3.05, 3.63) is 0 Å². The number of nitrogens with one attached hydrogen (secondary N) is 6. The second-order valence-electron chi connectivity index (χ2n) is 19.3. The number of ether oxygens (including phenoxy) is 2. The second kappa shape index (κ2) is 40.9. The second-order valence-corrected chi connectivity index (χ2v) is 19.3. The largest absolute Gasteiger partial charge is 0.355 e. The molecule has 6 N–H and O–H groups in total. The van der Waals surface area contributed by atoms with Gasteiger partial charge in [-0.2, -0.15) is 0 Å². The zero-order valence-corrected chi connectivity index (χ0v) is 42.6. The molecule has 0 rings (SSSR count). The Morgan fingerprint density at radius 2 is 1.02 bits per heavy atom. The van der Waals surface area contributed by atoms with Gasteiger partial charge >= 0.3 is 0 Å². The molecule has 0 aromatic heterocycles. The lowest BCUT2D eigenvalue weighted by atomic mass is 9.87. The molecular weight excluding hydrogens is 773 g/mol. The minimum absolute atomic E-state index is 0.0806. The van der Waals surface area contributed by atoms with Gasteiger partial charge in [0.1, 0.15) is 0 Å². The summed E-state index contributed by atoms with van der Waals surface area (Å²) in [6.45, 7) is 24.8. The number of carbonyl (C=O) groups is 2. The van der Waals surface area contributed by atoms with E-state index in [2.05, 4.69) is 88.9 Å². The summed E-state index contributed by atoms with van der Waals surface area (Å²) in [5.74, 6) is 0.801. The topological polar surface area (TPSA) is 137 Å². The molecule has 62 heavy (non-hydrogen) atoms. The first kappa shape index (κ1) is 60.4. The molecule has 368 valence electrons. The highest BCUT2D eigenvalue weighted by Crippen LogP contribution is 2.22. The van der Waals surface area contributed by atoms with Crippen LogP contribution in [-0.2, 0) is 19.1 Å². The molecule has 0 fully saturated rings. The molecule has 10 heteroatoms. The average molecular weight is 879 g/mol. The zero-order valence-electron chi connectivity index (χ0n) is 42.6. The third-order valence-electron chi connectivity index (χ3n) is 13.2. The SMILES string of the molecule is CCCCCCCCCCOC(CCNC(C)(CC)CCC(=O)NCCNC(CC)(CC)CCC(=O)NCCNC(C)CCC(=N)CCC(C)C)OCCCCCCCCCC. The minimum atomic E-state index is -0.185. The Balaban J connectivity index is 4.60. The summed E-state index contributed by atoms with van der Waals surface area (Å²) < 4.78 is 12.6. The van der Waals surface area contributed by atoms with Gasteiger partial charge in [0, 0.05) is 88.0 Å². The number of rotatable bonds is 47. The summed E-state index contributed by atoms with van der Waals surface area (Å²) in [7, 11) is 0. The fourth-order valence-corrected chi connectivity index (χ4v) is 7.99. The number of unbranched alkanes of at least 4 members (excludes halogenated alkanes) is 14. The standard InChI is InChI=1S/C52H106N6O4/c1-10-15-17-19-21-23-25-27-43-61-50(62-44-28-26-24-22-20-18-16-11-2)35-38-57-51(9,12-3)36-33-48(59)56-41-42-58-52(13-4,14-5)37-34-49(60)55-40-39-54-46(8)30-32-47(53)31-29-45(6)7/h45-46,50,53-54,57-58H,10-44H2,1-9H3,(H,55,60)(H,56,59). The molecule has 0 spiro atoms. The predicted molar refractivity (Wildman–Crippen MR) is 267 cm³/mol. The van der Waals surface area contributed by atoms with E-state index in [1.54, 1.807) is 0 Å². The van der Waals surface area contributed by atoms with E-state index >= 15 is 0 Å². The molecule has 0 aromatic rings. The maximum Gasteiger partial charge on any atom is 0.220 e. The third-order valence-corrected chi connectivity index (χ3v) is 13.2. The molecule has 10 nitrogen and oxygen atoms in total. The average Bonchev–Trinajstić information content (AvgIpc) is 3.26. The highest BCUT2D eigenvalue weighted by Gasteiger charge is 2.27. The highest BCUT2D eigenvalue weighted by molar-refractivity contribution is 5.81. The van der Waals surface area contributed by atoms with Crippen molar-refractivity contribution in [3.63, 3.8) is 0 Å². The molecule has 0 aliphatic heterocycles. The molecule has 0 aliphatic carbocycles. The van der Waals surface area contributed by atoms with Gasteiger partial charge in [0.15, 0.2) is 6.29 Å². The molecule has 0 saturated heterocycles. The van der Waals surface area contributed by atoms with Crippen molar-refractivity contribution in [2.75, 3.05) is 45.9 Å². The molecular formula is C52H106N6O4. The van der Waals surface area contributed by atoms with Crippen molar-refractivity contribution in [1.82, 2.24) is 26.6 Å². The fraction of sp³-hybridized carbons (Fsp3) is 0.942. The number of hydrogen-bond donors (Lipinski definition) is 6. The molecule has 2 atom stereocenters. The van der Waals surface area contributed by atoms with Gasteiger partial charge in [-0.3, -0.25) is 9.59 Å². The van der Waals surface area contributed by atoms with E-state index in [1.165, 1.54) is 89.9 Å². The Bertz CT molecular complexity index is 1030. The first-order valence-corrected chi connectivity index (χ1v) is 26.4. The van der Waals surface area contributed by atoms with Gasteiger partial charge in [0.05, 0.1) is 0 Å². The van der Waals surface area contributed by atoms with E-state index in [0.717, 1.165) is 109 Å². The molecule has 2 amide bonds. The summed E-state index contributed by atoms with van der Waals surface area (Å²) in [5, 5.41) is 25.3. The van der Waals surface area contributed by atoms with Crippen molar-refractivity contribution in [1.29, 1.82) is 5.41 Å². The quantitative estimate of drug-likeness (QED) is 0.0203. The van der Waals surface area contributed by atoms with Crippen LogP contribution < -0.4 is 26.6 Å². The fourth-order valence-electron chi connectivity index (χ4n) is 7.99. The molecule has 0 bridgehead atoms. The van der Waals surface area contributed by atoms with Crippen molar-refractivity contribution >= 4 is 17.5 Å². The van der Waals surface area contributed by atoms with Crippen LogP contribution in [0.1, 0.15) is 242 Å². The van der Waals surface area contributed by atoms with Crippen LogP contribution in [-0.4, -0.2) is 86.9 Å². The van der Waals surface area contributed by atoms with E-state index < -0.39 is 0 Å². The molecule has 0 radical (unpaired) electrons. The Morgan fingerprint density at radius 1 is 0.532 bits per heavy atom. The van der Waals surface area contributed by atoms with E-state index in [9.17, 15) is 9.59 Å². The summed E-state index contributed by atoms with van der Waals surface area (Å²) in [5.41, 5.74) is 0.573. The third kappa shape index (κ3) is 35.7. The molecule has 0 aliphatic rings. The molecule has 0 heterocycles. The van der Waals surface area contributed by atoms with Crippen LogP contribution in [0, 0.1) is 11.3 Å². The Morgan fingerprint density at radius 3 is 1.52 bits per heavy atom. The monoisotopic (exact) mass is 879 g/mol. The van der Waals surface area contributed by atoms with Crippen molar-refractivity contribution < 1.29 is 19.1 Å². The normalized spacial score (nSPS) is 13.5. The molecule has 0 saturated carbocycles. The lowest BCUT2D eigenvalue weighted by Crippen LogP contribution is -2.48. The summed E-state index contributed by atoms with van der Waals surface area (Å²) >= 11 is 0. The van der Waals surface area contributed by atoms with E-state index in [-0.39, 0.29) is 29.2 Å². The maximum atomic E-state index is 13.0. The van der Waals surface area contributed by atoms with Gasteiger partial charge in [-0.15, -0.1) is 0 Å². The Kier molecular flexibility index (Phi) is 39.8. The number of amides is 2. The van der Waals surface area contributed by atoms with Crippen molar-refractivity contribution in [2.45, 2.75) is 266 Å². The minimum Gasteiger partial charge on any atom is -0.355 e. The van der Waals surface area contributed by atoms with Crippen molar-refractivity contribution in [3.8, 4) is 0 Å². The van der Waals surface area contributed by atoms with Gasteiger partial charge in [0.2, 0.25) is 11.8 Å². The van der Waals surface area contributed by atoms with Gasteiger partial charge in [0.25, 0.3) is 0 Å². The van der Waals surface area contributed by atoms with Gasteiger partial charge in [-0.25, -0.2) is 0 Å². The smallest absolute Gasteiger partial charge is 0.220 e. The Labute approximate surface area is 384 Å². The van der Waals surface area contributed by atoms with Crippen molar-refractivity contribution in [2.24, 2.45) is 5.92 Å². The Hall–Kier alpha value is -1.59. The van der Waals surface area contributed by atoms with Gasteiger partial charge in [-0.1, -0.05) is 138 Å². The lowest BCUT2D eigenvalue weighted by Gasteiger charge is -2.33. The van der Waals surface area contributed by atoms with Gasteiger partial charge in [-0.05, 0) is 90.4 Å². The van der Waals surface area contributed by atoms with E-state index in [0.29, 0.717) is 44.4 Å². The van der Waals surface area contributed by atoms with Crippen LogP contribution in [0.5, 0.6) is 0 Å². The highest BCUT2D eigenvalue weighted by atomic mass is 16.7. The first-order valence-electron chi connectivity index (χ1n) is 26.4. The molecule has 2 unspecified atom stereocenters. The summed E-state index contributed by atoms with van der Waals surface area (Å²) in [6.07, 6.45) is 30.3. The van der Waals surface area contributed by atoms with Crippen LogP contribution >= 0.6 is 0 Å². The number of hydrogen-bond acceptors (Lipinski definition) is 8. The van der Waals surface area contributed by atoms with Crippen LogP contribution in [0.25, 0.3) is 0 Å². The first-order chi connectivity index (χ1) is 29.9. The summed E-state index contributed by atoms with van der Waals surface area (Å²) in [6, 6.07) is 0.323. The number of carbonyl (C=O) groups excluding carboxylic acids is 2. The van der Waals surface area contributed by atoms with E-state index in [1.807, 2.05) is 0 Å². The van der Waals surface area contributed by atoms with Crippen LogP contribution in [0.15, 0.2) is 0 Å². The predicted octanol–water partition coefficient (Wildman–Crippen LogP) is 11.9. The summed E-state index contributed by atoms with van der Waals surface area (Å²) in [4.78, 5) is 25.7. The van der Waals surface area contributed by atoms with Crippen LogP contribution in [0.2, 0.25) is 0 Å². The zero-order chi connectivity index (χ0) is 46.2. The lowest BCUT2D eigenvalue weighted by molar-refractivity contribution is -0.147. The maximum absolute atomic E-state index is 13.0. The van der Waals surface area contributed by atoms with Gasteiger partial charge < -0.3 is 41.5 Å². The van der Waals surface area contributed by atoms with Crippen LogP contribution in [0.4, 0.5) is 0 Å². The van der Waals surface area contributed by atoms with E-state index in [4.69, 9.17) is 14.9 Å². The molecule has 0 aromatic carbocycles. The van der Waals surface area contributed by atoms with Crippen LogP contribution in [0.3, 0.4) is 0 Å².